The van der Waals surface area contributed by atoms with Crippen LogP contribution in [0.4, 0.5) is 0 Å². The minimum atomic E-state index is 0.375. The topological polar surface area (TPSA) is 21.3 Å². The summed E-state index contributed by atoms with van der Waals surface area (Å²) < 4.78 is 5.48. The Labute approximate surface area is 82.9 Å². The summed E-state index contributed by atoms with van der Waals surface area (Å²) in [5, 5.41) is 5.64. The van der Waals surface area contributed by atoms with Crippen LogP contribution in [-0.4, -0.2) is 18.8 Å². The predicted molar refractivity (Wildman–Crippen MR) is 55.0 cm³/mol. The minimum Gasteiger partial charge on any atom is -0.377 e. The molecule has 2 nitrogen and oxygen atoms in total. The zero-order valence-corrected chi connectivity index (χ0v) is 8.64. The van der Waals surface area contributed by atoms with Crippen molar-refractivity contribution in [2.24, 2.45) is 0 Å². The van der Waals surface area contributed by atoms with Crippen molar-refractivity contribution < 1.29 is 4.74 Å². The van der Waals surface area contributed by atoms with Crippen molar-refractivity contribution in [1.82, 2.24) is 5.32 Å². The van der Waals surface area contributed by atoms with Gasteiger partial charge in [0.15, 0.2) is 0 Å². The molecule has 0 amide bonds. The Morgan fingerprint density at radius 2 is 2.62 bits per heavy atom. The van der Waals surface area contributed by atoms with Crippen LogP contribution in [0.5, 0.6) is 0 Å². The van der Waals surface area contributed by atoms with Crippen LogP contribution in [0.1, 0.15) is 18.2 Å². The van der Waals surface area contributed by atoms with Crippen LogP contribution in [0.3, 0.4) is 0 Å². The molecule has 1 fully saturated rings. The first-order valence-electron chi connectivity index (χ1n) is 4.73. The molecular formula is C10H15NOS. The second kappa shape index (κ2) is 4.22. The molecule has 2 atom stereocenters. The van der Waals surface area contributed by atoms with Crippen molar-refractivity contribution in [3.63, 3.8) is 0 Å². The van der Waals surface area contributed by atoms with Gasteiger partial charge in [-0.05, 0) is 24.8 Å². The van der Waals surface area contributed by atoms with E-state index in [2.05, 4.69) is 29.8 Å². The Hall–Kier alpha value is -0.380. The number of rotatable bonds is 3. The summed E-state index contributed by atoms with van der Waals surface area (Å²) >= 11 is 1.80. The first-order chi connectivity index (χ1) is 6.36. The van der Waals surface area contributed by atoms with E-state index in [9.17, 15) is 0 Å². The molecule has 1 aromatic heterocycles. The van der Waals surface area contributed by atoms with Gasteiger partial charge in [0.2, 0.25) is 0 Å². The zero-order valence-electron chi connectivity index (χ0n) is 7.82. The average Bonchev–Trinajstić information content (AvgIpc) is 2.72. The van der Waals surface area contributed by atoms with Crippen LogP contribution >= 0.6 is 11.3 Å². The van der Waals surface area contributed by atoms with Gasteiger partial charge >= 0.3 is 0 Å². The summed E-state index contributed by atoms with van der Waals surface area (Å²) in [6, 6.07) is 4.80. The van der Waals surface area contributed by atoms with E-state index in [1.165, 1.54) is 4.88 Å². The molecule has 0 aromatic carbocycles. The van der Waals surface area contributed by atoms with Gasteiger partial charge in [0.1, 0.15) is 0 Å². The molecule has 1 aromatic rings. The molecular weight excluding hydrogens is 182 g/mol. The Kier molecular flexibility index (Phi) is 2.98. The summed E-state index contributed by atoms with van der Waals surface area (Å²) in [5.41, 5.74) is 0. The molecule has 3 heteroatoms. The molecule has 0 spiro atoms. The van der Waals surface area contributed by atoms with E-state index in [-0.39, 0.29) is 0 Å². The van der Waals surface area contributed by atoms with Gasteiger partial charge < -0.3 is 10.1 Å². The molecule has 1 aliphatic heterocycles. The molecule has 1 saturated heterocycles. The molecule has 72 valence electrons. The monoisotopic (exact) mass is 197 g/mol. The number of nitrogens with one attached hydrogen (secondary N) is 1. The summed E-state index contributed by atoms with van der Waals surface area (Å²) in [6.07, 6.45) is 1.52. The lowest BCUT2D eigenvalue weighted by Crippen LogP contribution is -2.33. The summed E-state index contributed by atoms with van der Waals surface area (Å²) in [4.78, 5) is 1.40. The van der Waals surface area contributed by atoms with Crippen LogP contribution in [0.2, 0.25) is 0 Å². The van der Waals surface area contributed by atoms with Gasteiger partial charge in [0.05, 0.1) is 6.10 Å². The highest BCUT2D eigenvalue weighted by molar-refractivity contribution is 7.09. The fraction of sp³-hybridized carbons (Fsp3) is 0.600. The summed E-state index contributed by atoms with van der Waals surface area (Å²) in [7, 11) is 0. The maximum absolute atomic E-state index is 5.48. The third-order valence-corrected chi connectivity index (χ3v) is 3.37. The Bertz CT molecular complexity index is 247. The van der Waals surface area contributed by atoms with Crippen molar-refractivity contribution in [3.8, 4) is 0 Å². The van der Waals surface area contributed by atoms with E-state index in [0.29, 0.717) is 12.1 Å². The largest absolute Gasteiger partial charge is 0.377 e. The second-order valence-electron chi connectivity index (χ2n) is 3.43. The maximum Gasteiger partial charge on any atom is 0.0700 e. The minimum absolute atomic E-state index is 0.375. The number of thiophene rings is 1. The van der Waals surface area contributed by atoms with Gasteiger partial charge in [-0.3, -0.25) is 0 Å². The predicted octanol–water partition coefficient (Wildman–Crippen LogP) is 2.02. The van der Waals surface area contributed by atoms with Crippen LogP contribution in [0.25, 0.3) is 0 Å². The Morgan fingerprint density at radius 3 is 3.23 bits per heavy atom. The second-order valence-corrected chi connectivity index (χ2v) is 4.46. The van der Waals surface area contributed by atoms with Crippen LogP contribution in [0.15, 0.2) is 17.5 Å². The molecule has 0 bridgehead atoms. The van der Waals surface area contributed by atoms with Gasteiger partial charge in [-0.2, -0.15) is 0 Å². The molecule has 1 N–H and O–H groups in total. The standard InChI is InChI=1S/C10H15NOS/c1-8-10(4-5-12-8)11-7-9-3-2-6-13-9/h2-3,6,8,10-11H,4-5,7H2,1H3/t8-,10+/m1/s1. The van der Waals surface area contributed by atoms with Gasteiger partial charge in [-0.25, -0.2) is 0 Å². The molecule has 2 heterocycles. The summed E-state index contributed by atoms with van der Waals surface area (Å²) in [5.74, 6) is 0. The quantitative estimate of drug-likeness (QED) is 0.800. The zero-order chi connectivity index (χ0) is 9.10. The molecule has 0 unspecified atom stereocenters. The van der Waals surface area contributed by atoms with Gasteiger partial charge in [0, 0.05) is 24.1 Å². The average molecular weight is 197 g/mol. The fourth-order valence-electron chi connectivity index (χ4n) is 1.64. The van der Waals surface area contributed by atoms with E-state index < -0.39 is 0 Å². The lowest BCUT2D eigenvalue weighted by Gasteiger charge is -2.14. The van der Waals surface area contributed by atoms with Crippen LogP contribution in [-0.2, 0) is 11.3 Å². The highest BCUT2D eigenvalue weighted by Crippen LogP contribution is 2.14. The van der Waals surface area contributed by atoms with E-state index in [0.717, 1.165) is 19.6 Å². The van der Waals surface area contributed by atoms with Gasteiger partial charge in [-0.15, -0.1) is 11.3 Å². The third-order valence-electron chi connectivity index (χ3n) is 2.49. The van der Waals surface area contributed by atoms with E-state index in [4.69, 9.17) is 4.74 Å². The first kappa shape index (κ1) is 9.19. The van der Waals surface area contributed by atoms with E-state index in [1.54, 1.807) is 11.3 Å². The Morgan fingerprint density at radius 1 is 1.69 bits per heavy atom. The van der Waals surface area contributed by atoms with E-state index >= 15 is 0 Å². The first-order valence-corrected chi connectivity index (χ1v) is 5.61. The third kappa shape index (κ3) is 2.30. The lowest BCUT2D eigenvalue weighted by molar-refractivity contribution is 0.113. The molecule has 0 saturated carbocycles. The smallest absolute Gasteiger partial charge is 0.0700 e. The Balaban J connectivity index is 1.79. The highest BCUT2D eigenvalue weighted by atomic mass is 32.1. The number of hydrogen-bond donors (Lipinski definition) is 1. The molecule has 0 radical (unpaired) electrons. The number of ether oxygens (including phenoxy) is 1. The lowest BCUT2D eigenvalue weighted by atomic mass is 10.1. The van der Waals surface area contributed by atoms with Crippen molar-refractivity contribution >= 4 is 11.3 Å². The fourth-order valence-corrected chi connectivity index (χ4v) is 2.30. The highest BCUT2D eigenvalue weighted by Gasteiger charge is 2.23. The summed E-state index contributed by atoms with van der Waals surface area (Å²) in [6.45, 7) is 4.03. The maximum atomic E-state index is 5.48. The molecule has 2 rings (SSSR count). The number of hydrogen-bond acceptors (Lipinski definition) is 3. The van der Waals surface area contributed by atoms with Crippen molar-refractivity contribution in [2.45, 2.75) is 32.0 Å². The molecule has 1 aliphatic rings. The van der Waals surface area contributed by atoms with Crippen molar-refractivity contribution in [2.75, 3.05) is 6.61 Å². The van der Waals surface area contributed by atoms with Crippen LogP contribution in [0, 0.1) is 0 Å². The molecule has 13 heavy (non-hydrogen) atoms. The van der Waals surface area contributed by atoms with Gasteiger partial charge in [-0.1, -0.05) is 6.07 Å². The SMILES string of the molecule is C[C@H]1OCC[C@@H]1NCc1cccs1. The van der Waals surface area contributed by atoms with E-state index in [1.807, 2.05) is 0 Å². The van der Waals surface area contributed by atoms with Crippen molar-refractivity contribution in [3.05, 3.63) is 22.4 Å². The van der Waals surface area contributed by atoms with Crippen LogP contribution < -0.4 is 5.32 Å². The normalized spacial score (nSPS) is 28.1. The van der Waals surface area contributed by atoms with Gasteiger partial charge in [0.25, 0.3) is 0 Å². The molecule has 0 aliphatic carbocycles. The van der Waals surface area contributed by atoms with Crippen molar-refractivity contribution in [1.29, 1.82) is 0 Å².